The first-order valence-electron chi connectivity index (χ1n) is 6.34. The third-order valence-electron chi connectivity index (χ3n) is 2.87. The van der Waals surface area contributed by atoms with E-state index in [0.717, 1.165) is 29.8 Å². The van der Waals surface area contributed by atoms with Crippen molar-refractivity contribution in [1.29, 1.82) is 0 Å². The van der Waals surface area contributed by atoms with Crippen molar-refractivity contribution in [1.82, 2.24) is 9.88 Å². The van der Waals surface area contributed by atoms with Crippen LogP contribution >= 0.6 is 28.3 Å². The molecule has 1 aromatic carbocycles. The predicted molar refractivity (Wildman–Crippen MR) is 88.8 cm³/mol. The Bertz CT molecular complexity index is 490. The van der Waals surface area contributed by atoms with E-state index < -0.39 is 0 Å². The summed E-state index contributed by atoms with van der Waals surface area (Å²) >= 11 is 3.40. The van der Waals surface area contributed by atoms with Gasteiger partial charge in [0.05, 0.1) is 5.69 Å². The number of hydrogen-bond donors (Lipinski definition) is 1. The molecule has 0 amide bonds. The van der Waals surface area contributed by atoms with Crippen molar-refractivity contribution in [2.75, 3.05) is 13.1 Å². The zero-order chi connectivity index (χ0) is 13.5. The molecule has 2 N–H and O–H groups in total. The molecule has 3 nitrogen and oxygen atoms in total. The Morgan fingerprint density at radius 1 is 1.05 bits per heavy atom. The molecule has 0 spiro atoms. The van der Waals surface area contributed by atoms with Crippen LogP contribution in [0.15, 0.2) is 53.1 Å². The van der Waals surface area contributed by atoms with Gasteiger partial charge in [-0.2, -0.15) is 0 Å². The van der Waals surface area contributed by atoms with E-state index in [2.05, 4.69) is 50.1 Å². The summed E-state index contributed by atoms with van der Waals surface area (Å²) in [4.78, 5) is 6.72. The van der Waals surface area contributed by atoms with Gasteiger partial charge in [0.1, 0.15) is 0 Å². The SMILES string of the molecule is Cl.NCCN(Cc1ccccc1)Cc1ccc(Br)cn1. The van der Waals surface area contributed by atoms with Crippen molar-refractivity contribution >= 4 is 28.3 Å². The fraction of sp³-hybridized carbons (Fsp3) is 0.267. The van der Waals surface area contributed by atoms with Gasteiger partial charge in [-0.15, -0.1) is 12.4 Å². The molecule has 2 rings (SSSR count). The molecule has 0 radical (unpaired) electrons. The Kier molecular flexibility index (Phi) is 7.77. The standard InChI is InChI=1S/C15H18BrN3.ClH/c16-14-6-7-15(18-10-14)12-19(9-8-17)11-13-4-2-1-3-5-13;/h1-7,10H,8-9,11-12,17H2;1H. The number of nitrogens with zero attached hydrogens (tertiary/aromatic N) is 2. The highest BCUT2D eigenvalue weighted by atomic mass is 79.9. The van der Waals surface area contributed by atoms with Crippen molar-refractivity contribution < 1.29 is 0 Å². The molecule has 0 fully saturated rings. The van der Waals surface area contributed by atoms with Crippen LogP contribution in [0, 0.1) is 0 Å². The summed E-state index contributed by atoms with van der Waals surface area (Å²) in [7, 11) is 0. The highest BCUT2D eigenvalue weighted by Gasteiger charge is 2.07. The second kappa shape index (κ2) is 9.08. The summed E-state index contributed by atoms with van der Waals surface area (Å²) in [5.41, 5.74) is 8.05. The first-order chi connectivity index (χ1) is 9.28. The molecule has 0 saturated carbocycles. The molecule has 0 saturated heterocycles. The number of hydrogen-bond acceptors (Lipinski definition) is 3. The van der Waals surface area contributed by atoms with Crippen LogP contribution < -0.4 is 5.73 Å². The number of rotatable bonds is 6. The fourth-order valence-electron chi connectivity index (χ4n) is 1.97. The van der Waals surface area contributed by atoms with Crippen molar-refractivity contribution in [3.05, 3.63) is 64.4 Å². The Hall–Kier alpha value is -0.940. The lowest BCUT2D eigenvalue weighted by Crippen LogP contribution is -2.29. The van der Waals surface area contributed by atoms with E-state index in [1.54, 1.807) is 0 Å². The number of nitrogens with two attached hydrogens (primary N) is 1. The molecule has 1 heterocycles. The van der Waals surface area contributed by atoms with Gasteiger partial charge in [0.15, 0.2) is 0 Å². The van der Waals surface area contributed by atoms with Crippen molar-refractivity contribution in [3.8, 4) is 0 Å². The first kappa shape index (κ1) is 17.1. The summed E-state index contributed by atoms with van der Waals surface area (Å²) in [6.07, 6.45) is 1.83. The molecule has 0 aliphatic heterocycles. The monoisotopic (exact) mass is 355 g/mol. The molecule has 108 valence electrons. The predicted octanol–water partition coefficient (Wildman–Crippen LogP) is 3.23. The van der Waals surface area contributed by atoms with Crippen LogP contribution in [0.1, 0.15) is 11.3 Å². The zero-order valence-corrected chi connectivity index (χ0v) is 13.6. The maximum atomic E-state index is 5.69. The largest absolute Gasteiger partial charge is 0.329 e. The van der Waals surface area contributed by atoms with Crippen LogP contribution in [0.5, 0.6) is 0 Å². The van der Waals surface area contributed by atoms with Crippen LogP contribution in [-0.2, 0) is 13.1 Å². The quantitative estimate of drug-likeness (QED) is 0.864. The van der Waals surface area contributed by atoms with Crippen LogP contribution in [-0.4, -0.2) is 23.0 Å². The second-order valence-electron chi connectivity index (χ2n) is 4.45. The number of aromatic nitrogens is 1. The van der Waals surface area contributed by atoms with Crippen molar-refractivity contribution in [2.45, 2.75) is 13.1 Å². The van der Waals surface area contributed by atoms with Gasteiger partial charge in [0.2, 0.25) is 0 Å². The second-order valence-corrected chi connectivity index (χ2v) is 5.37. The van der Waals surface area contributed by atoms with E-state index in [1.807, 2.05) is 24.4 Å². The van der Waals surface area contributed by atoms with E-state index in [-0.39, 0.29) is 12.4 Å². The van der Waals surface area contributed by atoms with E-state index in [1.165, 1.54) is 5.56 Å². The summed E-state index contributed by atoms with van der Waals surface area (Å²) in [5, 5.41) is 0. The maximum absolute atomic E-state index is 5.69. The Morgan fingerprint density at radius 2 is 1.80 bits per heavy atom. The highest BCUT2D eigenvalue weighted by Crippen LogP contribution is 2.11. The molecule has 0 aliphatic carbocycles. The molecule has 1 aromatic heterocycles. The summed E-state index contributed by atoms with van der Waals surface area (Å²) in [5.74, 6) is 0. The molecule has 0 atom stereocenters. The third-order valence-corrected chi connectivity index (χ3v) is 3.34. The van der Waals surface area contributed by atoms with E-state index in [0.29, 0.717) is 6.54 Å². The van der Waals surface area contributed by atoms with Crippen LogP contribution in [0.4, 0.5) is 0 Å². The third kappa shape index (κ3) is 5.59. The average Bonchev–Trinajstić information content (AvgIpc) is 2.43. The number of pyridine rings is 1. The smallest absolute Gasteiger partial charge is 0.0544 e. The van der Waals surface area contributed by atoms with Crippen molar-refractivity contribution in [3.63, 3.8) is 0 Å². The Morgan fingerprint density at radius 3 is 2.40 bits per heavy atom. The normalized spacial score (nSPS) is 10.3. The van der Waals surface area contributed by atoms with Gasteiger partial charge in [-0.25, -0.2) is 0 Å². The molecular weight excluding hydrogens is 338 g/mol. The molecule has 0 bridgehead atoms. The average molecular weight is 357 g/mol. The van der Waals surface area contributed by atoms with Crippen LogP contribution in [0.2, 0.25) is 0 Å². The summed E-state index contributed by atoms with van der Waals surface area (Å²) < 4.78 is 1.00. The van der Waals surface area contributed by atoms with Gasteiger partial charge < -0.3 is 5.73 Å². The summed E-state index contributed by atoms with van der Waals surface area (Å²) in [6.45, 7) is 3.24. The van der Waals surface area contributed by atoms with Crippen molar-refractivity contribution in [2.24, 2.45) is 5.73 Å². The molecule has 2 aromatic rings. The topological polar surface area (TPSA) is 42.1 Å². The van der Waals surface area contributed by atoms with Crippen LogP contribution in [0.3, 0.4) is 0 Å². The van der Waals surface area contributed by atoms with Gasteiger partial charge in [-0.3, -0.25) is 9.88 Å². The molecular formula is C15H19BrClN3. The highest BCUT2D eigenvalue weighted by molar-refractivity contribution is 9.10. The lowest BCUT2D eigenvalue weighted by molar-refractivity contribution is 0.261. The van der Waals surface area contributed by atoms with Gasteiger partial charge in [-0.1, -0.05) is 30.3 Å². The lowest BCUT2D eigenvalue weighted by Gasteiger charge is -2.21. The van der Waals surface area contributed by atoms with E-state index in [9.17, 15) is 0 Å². The lowest BCUT2D eigenvalue weighted by atomic mass is 10.2. The van der Waals surface area contributed by atoms with Gasteiger partial charge >= 0.3 is 0 Å². The minimum Gasteiger partial charge on any atom is -0.329 e. The van der Waals surface area contributed by atoms with Gasteiger partial charge in [-0.05, 0) is 33.6 Å². The minimum atomic E-state index is 0. The zero-order valence-electron chi connectivity index (χ0n) is 11.2. The molecule has 20 heavy (non-hydrogen) atoms. The summed E-state index contributed by atoms with van der Waals surface area (Å²) in [6, 6.07) is 14.5. The van der Waals surface area contributed by atoms with E-state index >= 15 is 0 Å². The fourth-order valence-corrected chi connectivity index (χ4v) is 2.20. The van der Waals surface area contributed by atoms with Gasteiger partial charge in [0.25, 0.3) is 0 Å². The molecule has 0 unspecified atom stereocenters. The van der Waals surface area contributed by atoms with Gasteiger partial charge in [0, 0.05) is 36.8 Å². The minimum absolute atomic E-state index is 0. The van der Waals surface area contributed by atoms with E-state index in [4.69, 9.17) is 5.73 Å². The maximum Gasteiger partial charge on any atom is 0.0544 e. The Balaban J connectivity index is 0.00000200. The first-order valence-corrected chi connectivity index (χ1v) is 7.14. The number of benzene rings is 1. The van der Waals surface area contributed by atoms with Crippen LogP contribution in [0.25, 0.3) is 0 Å². The number of halogens is 2. The Labute approximate surface area is 134 Å². The molecule has 5 heteroatoms. The molecule has 0 aliphatic rings.